The van der Waals surface area contributed by atoms with E-state index in [4.69, 9.17) is 0 Å². The lowest BCUT2D eigenvalue weighted by atomic mass is 9.91. The molecule has 23 heteroatoms. The van der Waals surface area contributed by atoms with Gasteiger partial charge in [-0.1, -0.05) is 19.8 Å². The fourth-order valence-electron chi connectivity index (χ4n) is 3.21. The van der Waals surface area contributed by atoms with E-state index in [9.17, 15) is 92.4 Å². The van der Waals surface area contributed by atoms with Crippen molar-refractivity contribution in [2.24, 2.45) is 0 Å². The molecule has 1 fully saturated rings. The molecular formula is C20H23F17O4S2. The number of halogens is 17. The Morgan fingerprint density at radius 2 is 1.00 bits per heavy atom. The van der Waals surface area contributed by atoms with Crippen LogP contribution < -0.4 is 0 Å². The second-order valence-corrected chi connectivity index (χ2v) is 12.9. The van der Waals surface area contributed by atoms with Gasteiger partial charge in [-0.3, -0.25) is 4.79 Å². The van der Waals surface area contributed by atoms with Crippen LogP contribution in [0.5, 0.6) is 0 Å². The minimum absolute atomic E-state index is 0.470. The van der Waals surface area contributed by atoms with Crippen molar-refractivity contribution in [3.05, 3.63) is 0 Å². The smallest absolute Gasteiger partial charge is 0.460 e. The summed E-state index contributed by atoms with van der Waals surface area (Å²) < 4.78 is 244. The summed E-state index contributed by atoms with van der Waals surface area (Å²) in [6, 6.07) is 0. The highest BCUT2D eigenvalue weighted by Gasteiger charge is 2.95. The molecule has 1 heterocycles. The molecule has 1 aliphatic rings. The summed E-state index contributed by atoms with van der Waals surface area (Å²) in [6.45, 7) is 2.19. The standard InChI is InChI=1S/C12H23OS.C8HF17O3S/c1-2-3-5-8-12(13)11-14-9-6-4-7-10-14;9-1(10,3(13,14)5(17,18)7(21,22)23)2(11,12)4(15,16)6(19,20)8(24,25)29(26,27)28/h2-11H2,1H3;(H,26,27,28)/q+1;/p-1. The van der Waals surface area contributed by atoms with E-state index in [1.54, 1.807) is 0 Å². The summed E-state index contributed by atoms with van der Waals surface area (Å²) in [5, 5.41) is -7.95. The second kappa shape index (κ2) is 13.6. The minimum Gasteiger partial charge on any atom is -0.743 e. The van der Waals surface area contributed by atoms with Gasteiger partial charge in [0.1, 0.15) is 11.5 Å². The predicted octanol–water partition coefficient (Wildman–Crippen LogP) is 7.44. The molecule has 0 atom stereocenters. The van der Waals surface area contributed by atoms with Crippen LogP contribution in [0.25, 0.3) is 0 Å². The zero-order valence-electron chi connectivity index (χ0n) is 21.4. The van der Waals surface area contributed by atoms with E-state index in [1.165, 1.54) is 43.6 Å². The van der Waals surface area contributed by atoms with Crippen molar-refractivity contribution in [1.82, 2.24) is 0 Å². The molecule has 0 aromatic rings. The normalized spacial score (nSPS) is 17.4. The van der Waals surface area contributed by atoms with Crippen LogP contribution in [-0.4, -0.2) is 83.0 Å². The molecule has 0 unspecified atom stereocenters. The summed E-state index contributed by atoms with van der Waals surface area (Å²) in [7, 11) is -7.67. The lowest BCUT2D eigenvalue weighted by molar-refractivity contribution is -0.458. The Balaban J connectivity index is 0.00000104. The van der Waals surface area contributed by atoms with Crippen LogP contribution in [0, 0.1) is 0 Å². The Morgan fingerprint density at radius 1 is 0.628 bits per heavy atom. The van der Waals surface area contributed by atoms with Crippen LogP contribution in [0.15, 0.2) is 0 Å². The number of rotatable bonds is 13. The fraction of sp³-hybridized carbons (Fsp3) is 0.950. The zero-order valence-corrected chi connectivity index (χ0v) is 23.1. The first-order valence-electron chi connectivity index (χ1n) is 11.7. The Bertz CT molecular complexity index is 1040. The van der Waals surface area contributed by atoms with E-state index in [0.29, 0.717) is 16.7 Å². The number of alkyl halides is 17. The maximum Gasteiger partial charge on any atom is 0.460 e. The van der Waals surface area contributed by atoms with Gasteiger partial charge in [-0.15, -0.1) is 0 Å². The van der Waals surface area contributed by atoms with Crippen LogP contribution >= 0.6 is 0 Å². The summed E-state index contributed by atoms with van der Waals surface area (Å²) in [6.07, 6.45) is 0.642. The van der Waals surface area contributed by atoms with Gasteiger partial charge in [0, 0.05) is 6.42 Å². The molecule has 1 aliphatic heterocycles. The van der Waals surface area contributed by atoms with E-state index in [-0.39, 0.29) is 0 Å². The van der Waals surface area contributed by atoms with Gasteiger partial charge in [0.15, 0.2) is 21.7 Å². The fourth-order valence-corrected chi connectivity index (χ4v) is 5.97. The van der Waals surface area contributed by atoms with Crippen molar-refractivity contribution in [3.8, 4) is 0 Å². The second-order valence-electron chi connectivity index (χ2n) is 9.14. The van der Waals surface area contributed by atoms with Crippen molar-refractivity contribution in [3.63, 3.8) is 0 Å². The van der Waals surface area contributed by atoms with Crippen LogP contribution in [0.2, 0.25) is 0 Å². The lowest BCUT2D eigenvalue weighted by Gasteiger charge is -2.42. The molecule has 1 saturated heterocycles. The number of carbonyl (C=O) groups excluding carboxylic acids is 1. The third kappa shape index (κ3) is 7.94. The third-order valence-corrected chi connectivity index (χ3v) is 9.14. The van der Waals surface area contributed by atoms with E-state index >= 15 is 0 Å². The highest BCUT2D eigenvalue weighted by Crippen LogP contribution is 2.64. The number of hydrogen-bond donors (Lipinski definition) is 0. The molecule has 0 aromatic heterocycles. The molecule has 0 aliphatic carbocycles. The number of hydrogen-bond acceptors (Lipinski definition) is 4. The summed E-state index contributed by atoms with van der Waals surface area (Å²) in [4.78, 5) is 11.6. The Hall–Kier alpha value is -1.26. The van der Waals surface area contributed by atoms with Crippen LogP contribution in [0.4, 0.5) is 74.6 Å². The molecule has 0 radical (unpaired) electrons. The van der Waals surface area contributed by atoms with Gasteiger partial charge in [0.05, 0.1) is 0 Å². The number of carbonyl (C=O) groups is 1. The van der Waals surface area contributed by atoms with Gasteiger partial charge in [-0.05, 0) is 36.6 Å². The van der Waals surface area contributed by atoms with Gasteiger partial charge in [0.2, 0.25) is 0 Å². The molecule has 4 nitrogen and oxygen atoms in total. The van der Waals surface area contributed by atoms with Gasteiger partial charge >= 0.3 is 47.0 Å². The van der Waals surface area contributed by atoms with E-state index in [2.05, 4.69) is 6.92 Å². The number of ketones is 1. The average Bonchev–Trinajstić information content (AvgIpc) is 2.83. The zero-order chi connectivity index (χ0) is 34.7. The summed E-state index contributed by atoms with van der Waals surface area (Å²) in [5.74, 6) is -48.0. The largest absolute Gasteiger partial charge is 0.743 e. The van der Waals surface area contributed by atoms with Gasteiger partial charge < -0.3 is 4.55 Å². The van der Waals surface area contributed by atoms with Gasteiger partial charge in [-0.25, -0.2) is 8.42 Å². The van der Waals surface area contributed by atoms with Crippen molar-refractivity contribution in [2.75, 3.05) is 17.3 Å². The first-order valence-corrected chi connectivity index (χ1v) is 14.8. The molecule has 258 valence electrons. The van der Waals surface area contributed by atoms with Crippen LogP contribution in [-0.2, 0) is 25.8 Å². The highest BCUT2D eigenvalue weighted by atomic mass is 32.2. The van der Waals surface area contributed by atoms with Gasteiger partial charge in [-0.2, -0.15) is 74.6 Å². The molecule has 43 heavy (non-hydrogen) atoms. The van der Waals surface area contributed by atoms with E-state index in [0.717, 1.165) is 18.6 Å². The topological polar surface area (TPSA) is 74.3 Å². The molecule has 0 bridgehead atoms. The van der Waals surface area contributed by atoms with Gasteiger partial charge in [0.25, 0.3) is 0 Å². The lowest BCUT2D eigenvalue weighted by Crippen LogP contribution is -2.75. The maximum atomic E-state index is 13.0. The molecule has 0 amide bonds. The Kier molecular flexibility index (Phi) is 13.2. The quantitative estimate of drug-likeness (QED) is 0.0861. The van der Waals surface area contributed by atoms with E-state index < -0.39 is 57.1 Å². The summed E-state index contributed by atoms with van der Waals surface area (Å²) in [5.41, 5.74) is 0. The highest BCUT2D eigenvalue weighted by molar-refractivity contribution is 7.97. The first-order chi connectivity index (χ1) is 18.8. The minimum atomic E-state index is -8.92. The maximum absolute atomic E-state index is 13.0. The van der Waals surface area contributed by atoms with Crippen LogP contribution in [0.1, 0.15) is 51.9 Å². The number of unbranched alkanes of at least 4 members (excludes halogenated alkanes) is 2. The third-order valence-electron chi connectivity index (χ3n) is 5.80. The first kappa shape index (κ1) is 41.7. The molecular weight excluding hydrogens is 691 g/mol. The SMILES string of the molecule is CCCCCC(=O)C[S+]1CCCCC1.O=S(=O)([O-])C(F)(F)C(F)(F)C(F)(F)C(F)(F)C(F)(F)C(F)(F)C(F)(F)C(F)(F)F. The van der Waals surface area contributed by atoms with Crippen molar-refractivity contribution >= 4 is 26.8 Å². The van der Waals surface area contributed by atoms with Crippen molar-refractivity contribution < 1.29 is 92.4 Å². The Morgan fingerprint density at radius 3 is 1.35 bits per heavy atom. The summed E-state index contributed by atoms with van der Waals surface area (Å²) >= 11 is 0. The molecule has 0 aromatic carbocycles. The average molecular weight is 715 g/mol. The molecule has 0 spiro atoms. The van der Waals surface area contributed by atoms with Crippen molar-refractivity contribution in [2.45, 2.75) is 98.8 Å². The monoisotopic (exact) mass is 714 g/mol. The van der Waals surface area contributed by atoms with Crippen molar-refractivity contribution in [1.29, 1.82) is 0 Å². The molecule has 1 rings (SSSR count). The van der Waals surface area contributed by atoms with Crippen LogP contribution in [0.3, 0.4) is 0 Å². The number of Topliss-reactive ketones (excluding diaryl/α,β-unsaturated/α-hetero) is 1. The van der Waals surface area contributed by atoms with E-state index in [1.807, 2.05) is 0 Å². The molecule has 0 saturated carbocycles. The molecule has 0 N–H and O–H groups in total. The Labute approximate surface area is 235 Å². The predicted molar refractivity (Wildman–Crippen MR) is 115 cm³/mol.